The van der Waals surface area contributed by atoms with E-state index in [2.05, 4.69) is 31.9 Å². The Morgan fingerprint density at radius 1 is 1.20 bits per heavy atom. The molecular formula is C14H11Br2FN2O. The Morgan fingerprint density at radius 2 is 1.90 bits per heavy atom. The van der Waals surface area contributed by atoms with Gasteiger partial charge in [-0.1, -0.05) is 34.1 Å². The molecule has 3 N–H and O–H groups in total. The predicted octanol–water partition coefficient (Wildman–Crippen LogP) is 4.21. The van der Waals surface area contributed by atoms with Crippen molar-refractivity contribution in [2.45, 2.75) is 6.61 Å². The highest BCUT2D eigenvalue weighted by molar-refractivity contribution is 9.10. The third-order valence-corrected chi connectivity index (χ3v) is 4.23. The lowest BCUT2D eigenvalue weighted by Crippen LogP contribution is -2.12. The maximum absolute atomic E-state index is 14.1. The van der Waals surface area contributed by atoms with E-state index in [-0.39, 0.29) is 22.7 Å². The van der Waals surface area contributed by atoms with E-state index >= 15 is 0 Å². The van der Waals surface area contributed by atoms with Crippen molar-refractivity contribution < 1.29 is 9.13 Å². The van der Waals surface area contributed by atoms with Crippen LogP contribution in [-0.2, 0) is 6.61 Å². The highest BCUT2D eigenvalue weighted by atomic mass is 79.9. The molecule has 0 aliphatic heterocycles. The zero-order chi connectivity index (χ0) is 14.7. The van der Waals surface area contributed by atoms with E-state index in [1.807, 2.05) is 24.3 Å². The second kappa shape index (κ2) is 6.37. The zero-order valence-corrected chi connectivity index (χ0v) is 13.5. The molecule has 3 nitrogen and oxygen atoms in total. The van der Waals surface area contributed by atoms with Gasteiger partial charge in [-0.15, -0.1) is 0 Å². The Morgan fingerprint density at radius 3 is 2.55 bits per heavy atom. The molecule has 20 heavy (non-hydrogen) atoms. The van der Waals surface area contributed by atoms with Crippen LogP contribution in [0.25, 0.3) is 0 Å². The van der Waals surface area contributed by atoms with Crippen LogP contribution in [0.2, 0.25) is 0 Å². The van der Waals surface area contributed by atoms with E-state index in [0.29, 0.717) is 5.56 Å². The van der Waals surface area contributed by atoms with E-state index in [1.54, 1.807) is 6.07 Å². The van der Waals surface area contributed by atoms with Crippen LogP contribution in [0.1, 0.15) is 11.1 Å². The monoisotopic (exact) mass is 400 g/mol. The molecule has 0 fully saturated rings. The largest absolute Gasteiger partial charge is 0.486 e. The van der Waals surface area contributed by atoms with Gasteiger partial charge in [0.2, 0.25) is 0 Å². The van der Waals surface area contributed by atoms with E-state index in [1.165, 1.54) is 6.07 Å². The van der Waals surface area contributed by atoms with E-state index in [9.17, 15) is 4.39 Å². The Labute approximate surface area is 132 Å². The maximum atomic E-state index is 14.1. The number of amidine groups is 1. The van der Waals surface area contributed by atoms with Gasteiger partial charge in [0.15, 0.2) is 11.6 Å². The summed E-state index contributed by atoms with van der Waals surface area (Å²) in [5, 5.41) is 7.34. The molecule has 0 spiro atoms. The van der Waals surface area contributed by atoms with Crippen LogP contribution in [0.15, 0.2) is 45.3 Å². The van der Waals surface area contributed by atoms with Crippen molar-refractivity contribution in [3.8, 4) is 5.75 Å². The molecule has 0 amide bonds. The molecule has 0 heterocycles. The quantitative estimate of drug-likeness (QED) is 0.595. The lowest BCUT2D eigenvalue weighted by molar-refractivity contribution is 0.289. The average Bonchev–Trinajstić information content (AvgIpc) is 2.41. The lowest BCUT2D eigenvalue weighted by atomic mass is 10.2. The molecule has 0 unspecified atom stereocenters. The van der Waals surface area contributed by atoms with Gasteiger partial charge in [0.25, 0.3) is 0 Å². The van der Waals surface area contributed by atoms with Crippen LogP contribution < -0.4 is 10.5 Å². The number of nitrogens with one attached hydrogen (secondary N) is 1. The molecule has 2 aromatic carbocycles. The predicted molar refractivity (Wildman–Crippen MR) is 83.6 cm³/mol. The first-order chi connectivity index (χ1) is 9.50. The standard InChI is InChI=1S/C14H11Br2FN2O/c15-10-4-2-1-3-8(10)7-20-11-6-5-9(14(18)19)12(16)13(11)17/h1-6H,7H2,(H3,18,19). The summed E-state index contributed by atoms with van der Waals surface area (Å²) in [6, 6.07) is 10.6. The first kappa shape index (κ1) is 15.0. The summed E-state index contributed by atoms with van der Waals surface area (Å²) in [6.07, 6.45) is 0. The number of rotatable bonds is 4. The molecule has 0 aliphatic rings. The highest BCUT2D eigenvalue weighted by Crippen LogP contribution is 2.29. The van der Waals surface area contributed by atoms with Gasteiger partial charge in [0.1, 0.15) is 12.4 Å². The third-order valence-electron chi connectivity index (χ3n) is 2.68. The Balaban J connectivity index is 2.21. The topological polar surface area (TPSA) is 59.1 Å². The van der Waals surface area contributed by atoms with Crippen LogP contribution in [0.3, 0.4) is 0 Å². The summed E-state index contributed by atoms with van der Waals surface area (Å²) in [5.74, 6) is -0.657. The molecule has 0 atom stereocenters. The molecule has 0 aromatic heterocycles. The van der Waals surface area contributed by atoms with Crippen LogP contribution in [0, 0.1) is 11.2 Å². The Kier molecular flexibility index (Phi) is 4.77. The molecule has 0 saturated carbocycles. The Bertz CT molecular complexity index is 662. The lowest BCUT2D eigenvalue weighted by Gasteiger charge is -2.11. The summed E-state index contributed by atoms with van der Waals surface area (Å²) in [6.45, 7) is 0.240. The first-order valence-corrected chi connectivity index (χ1v) is 7.28. The SMILES string of the molecule is N=C(N)c1ccc(OCc2ccccc2Br)c(F)c1Br. The molecule has 0 saturated heterocycles. The van der Waals surface area contributed by atoms with Crippen molar-refractivity contribution in [2.24, 2.45) is 5.73 Å². The Hall–Kier alpha value is -1.40. The number of nitrogens with two attached hydrogens (primary N) is 1. The smallest absolute Gasteiger partial charge is 0.179 e. The molecule has 0 aliphatic carbocycles. The summed E-state index contributed by atoms with van der Waals surface area (Å²) >= 11 is 6.49. The molecule has 104 valence electrons. The normalized spacial score (nSPS) is 10.3. The number of ether oxygens (including phenoxy) is 1. The second-order valence-corrected chi connectivity index (χ2v) is 5.68. The van der Waals surface area contributed by atoms with Gasteiger partial charge in [-0.2, -0.15) is 0 Å². The van der Waals surface area contributed by atoms with Crippen molar-refractivity contribution in [1.29, 1.82) is 5.41 Å². The van der Waals surface area contributed by atoms with Crippen molar-refractivity contribution >= 4 is 37.7 Å². The van der Waals surface area contributed by atoms with Gasteiger partial charge in [-0.25, -0.2) is 4.39 Å². The van der Waals surface area contributed by atoms with Crippen molar-refractivity contribution in [2.75, 3.05) is 0 Å². The number of hydrogen-bond donors (Lipinski definition) is 2. The van der Waals surface area contributed by atoms with E-state index in [0.717, 1.165) is 10.0 Å². The molecule has 2 aromatic rings. The van der Waals surface area contributed by atoms with Gasteiger partial charge in [-0.05, 0) is 34.1 Å². The van der Waals surface area contributed by atoms with E-state index in [4.69, 9.17) is 15.9 Å². The van der Waals surface area contributed by atoms with Crippen LogP contribution in [0.5, 0.6) is 5.75 Å². The minimum absolute atomic E-state index is 0.109. The fourth-order valence-electron chi connectivity index (χ4n) is 1.62. The van der Waals surface area contributed by atoms with Crippen molar-refractivity contribution in [3.05, 3.63) is 62.3 Å². The highest BCUT2D eigenvalue weighted by Gasteiger charge is 2.14. The number of hydrogen-bond acceptors (Lipinski definition) is 2. The van der Waals surface area contributed by atoms with Gasteiger partial charge in [0, 0.05) is 15.6 Å². The summed E-state index contributed by atoms with van der Waals surface area (Å²) in [7, 11) is 0. The molecule has 6 heteroatoms. The fourth-order valence-corrected chi connectivity index (χ4v) is 2.56. The van der Waals surface area contributed by atoms with Gasteiger partial charge < -0.3 is 10.5 Å². The van der Waals surface area contributed by atoms with E-state index < -0.39 is 5.82 Å². The molecule has 2 rings (SSSR count). The van der Waals surface area contributed by atoms with Crippen molar-refractivity contribution in [3.63, 3.8) is 0 Å². The van der Waals surface area contributed by atoms with Crippen LogP contribution >= 0.6 is 31.9 Å². The van der Waals surface area contributed by atoms with Gasteiger partial charge >= 0.3 is 0 Å². The fraction of sp³-hybridized carbons (Fsp3) is 0.0714. The van der Waals surface area contributed by atoms with Gasteiger partial charge in [-0.3, -0.25) is 5.41 Å². The number of benzene rings is 2. The summed E-state index contributed by atoms with van der Waals surface area (Å²) in [4.78, 5) is 0. The minimum Gasteiger partial charge on any atom is -0.486 e. The zero-order valence-electron chi connectivity index (χ0n) is 10.3. The summed E-state index contributed by atoms with van der Waals surface area (Å²) in [5.41, 5.74) is 6.58. The number of halogens is 3. The van der Waals surface area contributed by atoms with Crippen molar-refractivity contribution in [1.82, 2.24) is 0 Å². The van der Waals surface area contributed by atoms with Crippen LogP contribution in [-0.4, -0.2) is 5.84 Å². The van der Waals surface area contributed by atoms with Crippen LogP contribution in [0.4, 0.5) is 4.39 Å². The summed E-state index contributed by atoms with van der Waals surface area (Å²) < 4.78 is 20.6. The van der Waals surface area contributed by atoms with Gasteiger partial charge in [0.05, 0.1) is 4.47 Å². The average molecular weight is 402 g/mol. The maximum Gasteiger partial charge on any atom is 0.179 e. The number of nitrogen functional groups attached to an aromatic ring is 1. The first-order valence-electron chi connectivity index (χ1n) is 5.69. The second-order valence-electron chi connectivity index (χ2n) is 4.03. The third kappa shape index (κ3) is 3.19. The minimum atomic E-state index is -0.565. The molecule has 0 radical (unpaired) electrons. The molecule has 0 bridgehead atoms. The molecular weight excluding hydrogens is 391 g/mol.